The largest absolute Gasteiger partial charge is 0.463 e. The molecule has 4 heteroatoms. The van der Waals surface area contributed by atoms with Crippen molar-refractivity contribution in [1.82, 2.24) is 0 Å². The van der Waals surface area contributed by atoms with E-state index in [9.17, 15) is 14.4 Å². The van der Waals surface area contributed by atoms with Crippen LogP contribution in [0.4, 0.5) is 0 Å². The number of ether oxygens (including phenoxy) is 1. The Morgan fingerprint density at radius 2 is 1.31 bits per heavy atom. The molecule has 0 aromatic heterocycles. The predicted octanol–water partition coefficient (Wildman–Crippen LogP) is 6.16. The zero-order valence-electron chi connectivity index (χ0n) is 20.3. The average molecular weight is 435 g/mol. The summed E-state index contributed by atoms with van der Waals surface area (Å²) in [5.41, 5.74) is 3.58. The van der Waals surface area contributed by atoms with Gasteiger partial charge in [-0.25, -0.2) is 0 Å². The Balaban J connectivity index is 1.85. The van der Waals surface area contributed by atoms with E-state index in [1.807, 2.05) is 38.1 Å². The van der Waals surface area contributed by atoms with E-state index in [2.05, 4.69) is 34.6 Å². The third-order valence-electron chi connectivity index (χ3n) is 6.21. The molecule has 0 radical (unpaired) electrons. The van der Waals surface area contributed by atoms with Crippen molar-refractivity contribution >= 4 is 17.5 Å². The molecule has 0 spiro atoms. The van der Waals surface area contributed by atoms with Crippen molar-refractivity contribution in [3.05, 3.63) is 69.8 Å². The highest BCUT2D eigenvalue weighted by Gasteiger charge is 2.32. The van der Waals surface area contributed by atoms with Gasteiger partial charge in [0.1, 0.15) is 0 Å². The quantitative estimate of drug-likeness (QED) is 0.436. The number of esters is 1. The molecule has 0 saturated carbocycles. The molecule has 32 heavy (non-hydrogen) atoms. The van der Waals surface area contributed by atoms with Gasteiger partial charge in [0.25, 0.3) is 0 Å². The van der Waals surface area contributed by atoms with Crippen LogP contribution in [0.1, 0.15) is 111 Å². The first-order valence-electron chi connectivity index (χ1n) is 11.4. The number of carbonyl (C=O) groups excluding carboxylic acids is 3. The van der Waals surface area contributed by atoms with Crippen LogP contribution >= 0.6 is 0 Å². The van der Waals surface area contributed by atoms with Gasteiger partial charge in [-0.2, -0.15) is 0 Å². The third-order valence-corrected chi connectivity index (χ3v) is 6.21. The van der Waals surface area contributed by atoms with Crippen LogP contribution < -0.4 is 0 Å². The minimum atomic E-state index is -0.243. The molecule has 1 aliphatic carbocycles. The molecule has 0 fully saturated rings. The molecular formula is C28H34O4. The molecular weight excluding hydrogens is 400 g/mol. The average Bonchev–Trinajstić information content (AvgIpc) is 2.69. The second-order valence-electron chi connectivity index (χ2n) is 10.7. The number of fused-ring (bicyclic) bond motifs is 2. The van der Waals surface area contributed by atoms with E-state index in [1.165, 1.54) is 0 Å². The highest BCUT2D eigenvalue weighted by molar-refractivity contribution is 6.28. The van der Waals surface area contributed by atoms with Gasteiger partial charge in [-0.3, -0.25) is 14.4 Å². The van der Waals surface area contributed by atoms with Crippen molar-refractivity contribution in [1.29, 1.82) is 0 Å². The summed E-state index contributed by atoms with van der Waals surface area (Å²) in [6.45, 7) is 14.2. The lowest BCUT2D eigenvalue weighted by molar-refractivity contribution is -0.147. The highest BCUT2D eigenvalue weighted by atomic mass is 16.5. The Kier molecular flexibility index (Phi) is 6.46. The van der Waals surface area contributed by atoms with E-state index < -0.39 is 0 Å². The first-order chi connectivity index (χ1) is 14.8. The Morgan fingerprint density at radius 1 is 0.812 bits per heavy atom. The minimum absolute atomic E-state index is 0.0958. The van der Waals surface area contributed by atoms with Crippen LogP contribution in [0.15, 0.2) is 36.4 Å². The Morgan fingerprint density at radius 3 is 1.81 bits per heavy atom. The van der Waals surface area contributed by atoms with E-state index in [1.54, 1.807) is 12.1 Å². The van der Waals surface area contributed by atoms with Gasteiger partial charge in [0, 0.05) is 28.7 Å². The van der Waals surface area contributed by atoms with E-state index in [4.69, 9.17) is 4.74 Å². The molecule has 3 rings (SSSR count). The molecule has 0 aliphatic heterocycles. The molecule has 1 aliphatic rings. The smallest absolute Gasteiger partial charge is 0.306 e. The second kappa shape index (κ2) is 8.65. The fourth-order valence-electron chi connectivity index (χ4n) is 4.18. The predicted molar refractivity (Wildman–Crippen MR) is 127 cm³/mol. The van der Waals surface area contributed by atoms with Crippen LogP contribution in [0.25, 0.3) is 0 Å². The summed E-state index contributed by atoms with van der Waals surface area (Å²) in [4.78, 5) is 38.4. The van der Waals surface area contributed by atoms with Crippen molar-refractivity contribution < 1.29 is 19.1 Å². The van der Waals surface area contributed by atoms with Crippen molar-refractivity contribution in [2.24, 2.45) is 0 Å². The van der Waals surface area contributed by atoms with Crippen LogP contribution in [0.3, 0.4) is 0 Å². The third kappa shape index (κ3) is 4.85. The Bertz CT molecular complexity index is 1070. The molecule has 4 nitrogen and oxygen atoms in total. The molecule has 0 amide bonds. The Hall–Kier alpha value is -2.75. The van der Waals surface area contributed by atoms with Gasteiger partial charge in [0.15, 0.2) is 11.6 Å². The monoisotopic (exact) mass is 434 g/mol. The van der Waals surface area contributed by atoms with Crippen LogP contribution in [0.5, 0.6) is 0 Å². The van der Waals surface area contributed by atoms with Gasteiger partial charge in [-0.15, -0.1) is 0 Å². The number of hydrogen-bond donors (Lipinski definition) is 0. The molecule has 2 aromatic rings. The maximum absolute atomic E-state index is 13.3. The second-order valence-corrected chi connectivity index (χ2v) is 10.7. The van der Waals surface area contributed by atoms with E-state index >= 15 is 0 Å². The van der Waals surface area contributed by atoms with Gasteiger partial charge in [-0.05, 0) is 72.9 Å². The number of rotatable bonds is 6. The number of hydrogen-bond acceptors (Lipinski definition) is 4. The van der Waals surface area contributed by atoms with Crippen LogP contribution in [-0.4, -0.2) is 23.6 Å². The van der Waals surface area contributed by atoms with Crippen molar-refractivity contribution in [2.75, 3.05) is 0 Å². The van der Waals surface area contributed by atoms with E-state index in [-0.39, 0.29) is 34.5 Å². The van der Waals surface area contributed by atoms with Crippen LogP contribution in [0.2, 0.25) is 0 Å². The lowest BCUT2D eigenvalue weighted by Crippen LogP contribution is -2.25. The minimum Gasteiger partial charge on any atom is -0.463 e. The summed E-state index contributed by atoms with van der Waals surface area (Å²) in [6, 6.07) is 11.2. The lowest BCUT2D eigenvalue weighted by Gasteiger charge is -2.28. The van der Waals surface area contributed by atoms with E-state index in [0.717, 1.165) is 17.5 Å². The van der Waals surface area contributed by atoms with Gasteiger partial charge >= 0.3 is 5.97 Å². The molecule has 0 unspecified atom stereocenters. The van der Waals surface area contributed by atoms with Crippen molar-refractivity contribution in [3.63, 3.8) is 0 Å². The summed E-state index contributed by atoms with van der Waals surface area (Å²) >= 11 is 0. The van der Waals surface area contributed by atoms with Crippen LogP contribution in [0, 0.1) is 0 Å². The first kappa shape index (κ1) is 23.9. The van der Waals surface area contributed by atoms with E-state index in [0.29, 0.717) is 35.1 Å². The summed E-state index contributed by atoms with van der Waals surface area (Å²) in [5, 5.41) is 0. The number of ketones is 2. The van der Waals surface area contributed by atoms with Crippen molar-refractivity contribution in [2.45, 2.75) is 84.7 Å². The molecule has 170 valence electrons. The van der Waals surface area contributed by atoms with Gasteiger partial charge in [-0.1, -0.05) is 46.8 Å². The standard InChI is InChI=1S/C28H34O4/c1-17(2)32-24(29)9-8-14-28(6,7)19-11-13-21-23(16-19)26(31)20-12-10-18(27(3,4)5)15-22(20)25(21)30/h10-13,15-17H,8-9,14H2,1-7H3. The van der Waals surface area contributed by atoms with Gasteiger partial charge in [0.05, 0.1) is 6.10 Å². The zero-order valence-corrected chi connectivity index (χ0v) is 20.3. The Labute approximate surface area is 191 Å². The van der Waals surface area contributed by atoms with Crippen molar-refractivity contribution in [3.8, 4) is 0 Å². The maximum atomic E-state index is 13.3. The highest BCUT2D eigenvalue weighted by Crippen LogP contribution is 2.35. The number of benzene rings is 2. The topological polar surface area (TPSA) is 60.4 Å². The molecule has 0 bridgehead atoms. The van der Waals surface area contributed by atoms with Gasteiger partial charge < -0.3 is 4.74 Å². The molecule has 0 atom stereocenters. The molecule has 0 saturated heterocycles. The number of carbonyl (C=O) groups is 3. The first-order valence-corrected chi connectivity index (χ1v) is 11.4. The summed E-state index contributed by atoms with van der Waals surface area (Å²) in [7, 11) is 0. The molecule has 0 N–H and O–H groups in total. The SMILES string of the molecule is CC(C)OC(=O)CCCC(C)(C)c1ccc2c(c1)C(=O)c1ccc(C(C)(C)C)cc1C2=O. The van der Waals surface area contributed by atoms with Gasteiger partial charge in [0.2, 0.25) is 0 Å². The fourth-order valence-corrected chi connectivity index (χ4v) is 4.18. The zero-order chi connectivity index (χ0) is 23.8. The summed E-state index contributed by atoms with van der Waals surface area (Å²) in [5.74, 6) is -0.386. The molecule has 0 heterocycles. The summed E-state index contributed by atoms with van der Waals surface area (Å²) < 4.78 is 5.21. The summed E-state index contributed by atoms with van der Waals surface area (Å²) in [6.07, 6.45) is 1.73. The maximum Gasteiger partial charge on any atom is 0.306 e. The normalized spacial score (nSPS) is 13.8. The molecule has 2 aromatic carbocycles. The fraction of sp³-hybridized carbons (Fsp3) is 0.464. The lowest BCUT2D eigenvalue weighted by atomic mass is 9.75. The van der Waals surface area contributed by atoms with Crippen LogP contribution in [-0.2, 0) is 20.4 Å².